The minimum absolute atomic E-state index is 0.0434. The standard InChI is InChI=1S/C25H19BrN2O6/c1-16-2-6-21(7-3-16)33-23-13-18(12-19(14-23)28(30)31)27-25(29)24-11-10-22(34-24)15-32-20-8-4-17(26)5-9-20/h2-14H,15H2,1H3,(H,27,29). The van der Waals surface area contributed by atoms with Crippen molar-refractivity contribution in [3.8, 4) is 17.2 Å². The molecule has 1 N–H and O–H groups in total. The van der Waals surface area contributed by atoms with Crippen LogP contribution in [-0.4, -0.2) is 10.8 Å². The van der Waals surface area contributed by atoms with Gasteiger partial charge in [-0.2, -0.15) is 0 Å². The Balaban J connectivity index is 1.45. The number of ether oxygens (including phenoxy) is 2. The lowest BCUT2D eigenvalue weighted by atomic mass is 10.2. The van der Waals surface area contributed by atoms with Crippen LogP contribution in [0.3, 0.4) is 0 Å². The van der Waals surface area contributed by atoms with E-state index in [0.29, 0.717) is 17.3 Å². The molecule has 0 unspecified atom stereocenters. The number of hydrogen-bond donors (Lipinski definition) is 1. The van der Waals surface area contributed by atoms with Gasteiger partial charge in [0.15, 0.2) is 5.76 Å². The van der Waals surface area contributed by atoms with Crippen molar-refractivity contribution in [1.82, 2.24) is 0 Å². The number of nitrogens with zero attached hydrogens (tertiary/aromatic N) is 1. The molecule has 1 heterocycles. The van der Waals surface area contributed by atoms with Crippen molar-refractivity contribution in [3.63, 3.8) is 0 Å². The molecule has 0 atom stereocenters. The first kappa shape index (κ1) is 23.1. The van der Waals surface area contributed by atoms with E-state index in [1.807, 2.05) is 31.2 Å². The Kier molecular flexibility index (Phi) is 6.93. The summed E-state index contributed by atoms with van der Waals surface area (Å²) in [7, 11) is 0. The lowest BCUT2D eigenvalue weighted by Crippen LogP contribution is -2.11. The number of benzene rings is 3. The number of anilines is 1. The predicted octanol–water partition coefficient (Wildman–Crippen LogP) is 6.88. The van der Waals surface area contributed by atoms with Gasteiger partial charge < -0.3 is 19.2 Å². The van der Waals surface area contributed by atoms with Gasteiger partial charge in [0.25, 0.3) is 11.6 Å². The summed E-state index contributed by atoms with van der Waals surface area (Å²) in [4.78, 5) is 23.5. The summed E-state index contributed by atoms with van der Waals surface area (Å²) >= 11 is 3.36. The summed E-state index contributed by atoms with van der Waals surface area (Å²) in [6.07, 6.45) is 0. The number of nitro benzene ring substituents is 1. The first-order valence-corrected chi connectivity index (χ1v) is 11.0. The van der Waals surface area contributed by atoms with E-state index in [1.54, 1.807) is 30.3 Å². The highest BCUT2D eigenvalue weighted by Gasteiger charge is 2.16. The number of rotatable bonds is 8. The number of furan rings is 1. The summed E-state index contributed by atoms with van der Waals surface area (Å²) in [5.41, 5.74) is 1.03. The molecular weight excluding hydrogens is 504 g/mol. The van der Waals surface area contributed by atoms with Crippen LogP contribution in [-0.2, 0) is 6.61 Å². The lowest BCUT2D eigenvalue weighted by Gasteiger charge is -2.09. The maximum absolute atomic E-state index is 12.7. The maximum atomic E-state index is 12.7. The number of non-ortho nitro benzene ring substituents is 1. The van der Waals surface area contributed by atoms with E-state index >= 15 is 0 Å². The molecule has 1 aromatic heterocycles. The molecule has 0 bridgehead atoms. The first-order valence-electron chi connectivity index (χ1n) is 10.2. The molecule has 0 spiro atoms. The maximum Gasteiger partial charge on any atom is 0.291 e. The summed E-state index contributed by atoms with van der Waals surface area (Å²) in [6, 6.07) is 21.8. The van der Waals surface area contributed by atoms with E-state index in [2.05, 4.69) is 21.2 Å². The molecule has 4 rings (SSSR count). The van der Waals surface area contributed by atoms with E-state index in [-0.39, 0.29) is 29.5 Å². The van der Waals surface area contributed by atoms with Crippen LogP contribution >= 0.6 is 15.9 Å². The minimum Gasteiger partial charge on any atom is -0.486 e. The van der Waals surface area contributed by atoms with Crippen molar-refractivity contribution in [2.45, 2.75) is 13.5 Å². The van der Waals surface area contributed by atoms with Gasteiger partial charge in [0.2, 0.25) is 0 Å². The lowest BCUT2D eigenvalue weighted by molar-refractivity contribution is -0.384. The molecular formula is C25H19BrN2O6. The van der Waals surface area contributed by atoms with Crippen LogP contribution in [0.15, 0.2) is 87.8 Å². The number of nitrogens with one attached hydrogen (secondary N) is 1. The fourth-order valence-electron chi connectivity index (χ4n) is 3.02. The molecule has 0 aliphatic carbocycles. The monoisotopic (exact) mass is 522 g/mol. The third-order valence-electron chi connectivity index (χ3n) is 4.70. The second kappa shape index (κ2) is 10.2. The molecule has 0 aliphatic heterocycles. The Labute approximate surface area is 203 Å². The van der Waals surface area contributed by atoms with Crippen LogP contribution in [0.5, 0.6) is 17.2 Å². The van der Waals surface area contributed by atoms with Crippen molar-refractivity contribution in [2.24, 2.45) is 0 Å². The highest BCUT2D eigenvalue weighted by molar-refractivity contribution is 9.10. The van der Waals surface area contributed by atoms with Gasteiger partial charge in [-0.05, 0) is 55.5 Å². The van der Waals surface area contributed by atoms with Crippen molar-refractivity contribution in [3.05, 3.63) is 111 Å². The summed E-state index contributed by atoms with van der Waals surface area (Å²) < 4.78 is 17.9. The van der Waals surface area contributed by atoms with E-state index < -0.39 is 10.8 Å². The molecule has 0 fully saturated rings. The van der Waals surface area contributed by atoms with Gasteiger partial charge in [-0.1, -0.05) is 33.6 Å². The second-order valence-corrected chi connectivity index (χ2v) is 8.27. The normalized spacial score (nSPS) is 10.5. The average molecular weight is 523 g/mol. The van der Waals surface area contributed by atoms with E-state index in [4.69, 9.17) is 13.9 Å². The fourth-order valence-corrected chi connectivity index (χ4v) is 3.28. The number of hydrogen-bond acceptors (Lipinski definition) is 6. The summed E-state index contributed by atoms with van der Waals surface area (Å²) in [6.45, 7) is 2.08. The van der Waals surface area contributed by atoms with Gasteiger partial charge in [0, 0.05) is 16.6 Å². The van der Waals surface area contributed by atoms with Gasteiger partial charge in [-0.15, -0.1) is 0 Å². The molecule has 3 aromatic carbocycles. The van der Waals surface area contributed by atoms with Crippen molar-refractivity contribution in [2.75, 3.05) is 5.32 Å². The molecule has 8 nitrogen and oxygen atoms in total. The predicted molar refractivity (Wildman–Crippen MR) is 129 cm³/mol. The molecule has 9 heteroatoms. The van der Waals surface area contributed by atoms with Crippen molar-refractivity contribution < 1.29 is 23.6 Å². The van der Waals surface area contributed by atoms with E-state index in [0.717, 1.165) is 10.0 Å². The number of amides is 1. The van der Waals surface area contributed by atoms with Crippen LogP contribution in [0.4, 0.5) is 11.4 Å². The average Bonchev–Trinajstić information content (AvgIpc) is 3.29. The SMILES string of the molecule is Cc1ccc(Oc2cc(NC(=O)c3ccc(COc4ccc(Br)cc4)o3)cc([N+](=O)[O-])c2)cc1. The number of halogens is 1. The Morgan fingerprint density at radius 2 is 1.68 bits per heavy atom. The second-order valence-electron chi connectivity index (χ2n) is 7.35. The summed E-state index contributed by atoms with van der Waals surface area (Å²) in [5.74, 6) is 1.33. The number of carbonyl (C=O) groups is 1. The zero-order chi connectivity index (χ0) is 24.1. The van der Waals surface area contributed by atoms with Crippen molar-refractivity contribution in [1.29, 1.82) is 0 Å². The molecule has 4 aromatic rings. The first-order chi connectivity index (χ1) is 16.4. The zero-order valence-electron chi connectivity index (χ0n) is 18.0. The fraction of sp³-hybridized carbons (Fsp3) is 0.0800. The molecule has 0 saturated carbocycles. The molecule has 0 aliphatic rings. The van der Waals surface area contributed by atoms with Crippen LogP contribution in [0.1, 0.15) is 21.9 Å². The minimum atomic E-state index is -0.559. The molecule has 34 heavy (non-hydrogen) atoms. The van der Waals surface area contributed by atoms with Gasteiger partial charge in [0.1, 0.15) is 29.6 Å². The van der Waals surface area contributed by atoms with Crippen molar-refractivity contribution >= 4 is 33.2 Å². The molecule has 172 valence electrons. The molecule has 0 saturated heterocycles. The zero-order valence-corrected chi connectivity index (χ0v) is 19.6. The summed E-state index contributed by atoms with van der Waals surface area (Å²) in [5, 5.41) is 14.0. The molecule has 0 radical (unpaired) electrons. The number of aryl methyl sites for hydroxylation is 1. The number of nitro groups is 1. The third-order valence-corrected chi connectivity index (χ3v) is 5.23. The van der Waals surface area contributed by atoms with Gasteiger partial charge in [-0.3, -0.25) is 14.9 Å². The molecule has 1 amide bonds. The largest absolute Gasteiger partial charge is 0.486 e. The quantitative estimate of drug-likeness (QED) is 0.199. The smallest absolute Gasteiger partial charge is 0.291 e. The van der Waals surface area contributed by atoms with Gasteiger partial charge in [-0.25, -0.2) is 0 Å². The Morgan fingerprint density at radius 1 is 0.971 bits per heavy atom. The van der Waals surface area contributed by atoms with E-state index in [1.165, 1.54) is 24.3 Å². The van der Waals surface area contributed by atoms with Crippen LogP contribution in [0.25, 0.3) is 0 Å². The van der Waals surface area contributed by atoms with Gasteiger partial charge in [0.05, 0.1) is 16.7 Å². The van der Waals surface area contributed by atoms with Crippen LogP contribution < -0.4 is 14.8 Å². The Hall–Kier alpha value is -4.11. The Bertz CT molecular complexity index is 1320. The van der Waals surface area contributed by atoms with Gasteiger partial charge >= 0.3 is 0 Å². The third kappa shape index (κ3) is 6.02. The highest BCUT2D eigenvalue weighted by Crippen LogP contribution is 2.30. The Morgan fingerprint density at radius 3 is 2.38 bits per heavy atom. The van der Waals surface area contributed by atoms with Crippen LogP contribution in [0, 0.1) is 17.0 Å². The van der Waals surface area contributed by atoms with E-state index in [9.17, 15) is 14.9 Å². The highest BCUT2D eigenvalue weighted by atomic mass is 79.9. The topological polar surface area (TPSA) is 104 Å². The number of carbonyl (C=O) groups excluding carboxylic acids is 1. The van der Waals surface area contributed by atoms with Crippen LogP contribution in [0.2, 0.25) is 0 Å².